The summed E-state index contributed by atoms with van der Waals surface area (Å²) >= 11 is 0. The van der Waals surface area contributed by atoms with E-state index in [1.807, 2.05) is 13.8 Å². The molecular weight excluding hydrogens is 186 g/mol. The van der Waals surface area contributed by atoms with Gasteiger partial charge in [0.1, 0.15) is 0 Å². The van der Waals surface area contributed by atoms with Crippen molar-refractivity contribution < 1.29 is 5.11 Å². The average molecular weight is 213 g/mol. The lowest BCUT2D eigenvalue weighted by atomic mass is 9.72. The SMILES string of the molecule is CCCC1(CCC)CN(CC(C)(C)O)C1. The second-order valence-corrected chi connectivity index (χ2v) is 5.96. The van der Waals surface area contributed by atoms with Crippen molar-refractivity contribution in [3.05, 3.63) is 0 Å². The van der Waals surface area contributed by atoms with E-state index in [1.165, 1.54) is 38.8 Å². The molecule has 0 atom stereocenters. The van der Waals surface area contributed by atoms with E-state index in [4.69, 9.17) is 0 Å². The van der Waals surface area contributed by atoms with Gasteiger partial charge < -0.3 is 5.11 Å². The zero-order valence-electron chi connectivity index (χ0n) is 10.8. The summed E-state index contributed by atoms with van der Waals surface area (Å²) < 4.78 is 0. The van der Waals surface area contributed by atoms with Gasteiger partial charge in [-0.15, -0.1) is 0 Å². The van der Waals surface area contributed by atoms with Crippen LogP contribution in [0, 0.1) is 5.41 Å². The molecule has 0 amide bonds. The van der Waals surface area contributed by atoms with Crippen LogP contribution < -0.4 is 0 Å². The molecule has 15 heavy (non-hydrogen) atoms. The molecule has 0 radical (unpaired) electrons. The third-order valence-electron chi connectivity index (χ3n) is 3.29. The Hall–Kier alpha value is -0.0800. The lowest BCUT2D eigenvalue weighted by Gasteiger charge is -2.52. The van der Waals surface area contributed by atoms with Crippen LogP contribution in [0.2, 0.25) is 0 Å². The zero-order valence-corrected chi connectivity index (χ0v) is 10.8. The Morgan fingerprint density at radius 3 is 1.93 bits per heavy atom. The largest absolute Gasteiger partial charge is 0.389 e. The second-order valence-electron chi connectivity index (χ2n) is 5.96. The summed E-state index contributed by atoms with van der Waals surface area (Å²) in [5.74, 6) is 0. The predicted octanol–water partition coefficient (Wildman–Crippen LogP) is 2.66. The number of hydrogen-bond donors (Lipinski definition) is 1. The highest BCUT2D eigenvalue weighted by Crippen LogP contribution is 2.39. The normalized spacial score (nSPS) is 21.4. The molecule has 2 heteroatoms. The lowest BCUT2D eigenvalue weighted by Crippen LogP contribution is -2.59. The molecule has 1 saturated heterocycles. The number of β-amino-alcohol motifs (C(OH)–C–C–N with tert-alkyl or cyclic N) is 1. The molecule has 0 bridgehead atoms. The second kappa shape index (κ2) is 4.84. The third-order valence-corrected chi connectivity index (χ3v) is 3.29. The summed E-state index contributed by atoms with van der Waals surface area (Å²) in [6.07, 6.45) is 5.28. The Bertz CT molecular complexity index is 181. The average Bonchev–Trinajstić information content (AvgIpc) is 1.99. The van der Waals surface area contributed by atoms with Gasteiger partial charge in [0.2, 0.25) is 0 Å². The van der Waals surface area contributed by atoms with Crippen molar-refractivity contribution in [1.82, 2.24) is 4.90 Å². The highest BCUT2D eigenvalue weighted by Gasteiger charge is 2.42. The maximum absolute atomic E-state index is 9.74. The molecule has 0 spiro atoms. The molecule has 0 aromatic heterocycles. The molecule has 1 N–H and O–H groups in total. The highest BCUT2D eigenvalue weighted by atomic mass is 16.3. The van der Waals surface area contributed by atoms with Crippen LogP contribution in [-0.4, -0.2) is 35.2 Å². The summed E-state index contributed by atoms with van der Waals surface area (Å²) in [4.78, 5) is 2.39. The van der Waals surface area contributed by atoms with Crippen LogP contribution >= 0.6 is 0 Å². The molecule has 1 rings (SSSR count). The van der Waals surface area contributed by atoms with E-state index in [9.17, 15) is 5.11 Å². The molecule has 0 aliphatic carbocycles. The minimum atomic E-state index is -0.537. The van der Waals surface area contributed by atoms with Crippen molar-refractivity contribution in [1.29, 1.82) is 0 Å². The van der Waals surface area contributed by atoms with E-state index in [0.717, 1.165) is 6.54 Å². The Balaban J connectivity index is 2.36. The van der Waals surface area contributed by atoms with Crippen molar-refractivity contribution in [2.24, 2.45) is 5.41 Å². The van der Waals surface area contributed by atoms with E-state index >= 15 is 0 Å². The van der Waals surface area contributed by atoms with Crippen molar-refractivity contribution in [2.45, 2.75) is 59.0 Å². The van der Waals surface area contributed by atoms with Crippen LogP contribution in [0.1, 0.15) is 53.4 Å². The molecule has 0 aromatic rings. The maximum atomic E-state index is 9.74. The van der Waals surface area contributed by atoms with Crippen LogP contribution in [-0.2, 0) is 0 Å². The Kier molecular flexibility index (Phi) is 4.19. The first-order valence-electron chi connectivity index (χ1n) is 6.35. The minimum Gasteiger partial charge on any atom is -0.389 e. The maximum Gasteiger partial charge on any atom is 0.0718 e. The molecule has 1 aliphatic rings. The molecule has 1 heterocycles. The lowest BCUT2D eigenvalue weighted by molar-refractivity contribution is -0.0622. The van der Waals surface area contributed by atoms with Gasteiger partial charge in [0, 0.05) is 19.6 Å². The molecule has 2 nitrogen and oxygen atoms in total. The van der Waals surface area contributed by atoms with Crippen molar-refractivity contribution in [3.63, 3.8) is 0 Å². The van der Waals surface area contributed by atoms with Crippen LogP contribution in [0.5, 0.6) is 0 Å². The van der Waals surface area contributed by atoms with Gasteiger partial charge in [-0.25, -0.2) is 0 Å². The fourth-order valence-corrected chi connectivity index (χ4v) is 3.06. The minimum absolute atomic E-state index is 0.537. The number of aliphatic hydroxyl groups is 1. The van der Waals surface area contributed by atoms with Gasteiger partial charge in [-0.1, -0.05) is 26.7 Å². The Labute approximate surface area is 94.7 Å². The number of nitrogens with zero attached hydrogens (tertiary/aromatic N) is 1. The number of likely N-dealkylation sites (tertiary alicyclic amines) is 1. The van der Waals surface area contributed by atoms with Gasteiger partial charge in [0.25, 0.3) is 0 Å². The van der Waals surface area contributed by atoms with Crippen molar-refractivity contribution in [3.8, 4) is 0 Å². The van der Waals surface area contributed by atoms with Crippen LogP contribution in [0.3, 0.4) is 0 Å². The summed E-state index contributed by atoms with van der Waals surface area (Å²) in [5, 5.41) is 9.74. The number of rotatable bonds is 6. The topological polar surface area (TPSA) is 23.5 Å². The molecule has 1 aliphatic heterocycles. The molecule has 90 valence electrons. The van der Waals surface area contributed by atoms with Gasteiger partial charge in [-0.05, 0) is 32.1 Å². The van der Waals surface area contributed by atoms with E-state index in [1.54, 1.807) is 0 Å². The Morgan fingerprint density at radius 2 is 1.60 bits per heavy atom. The first-order chi connectivity index (χ1) is 6.91. The van der Waals surface area contributed by atoms with Gasteiger partial charge in [0.15, 0.2) is 0 Å². The fourth-order valence-electron chi connectivity index (χ4n) is 3.06. The van der Waals surface area contributed by atoms with Crippen LogP contribution in [0.15, 0.2) is 0 Å². The molecule has 0 saturated carbocycles. The standard InChI is InChI=1S/C13H27NO/c1-5-7-13(8-6-2)10-14(11-13)9-12(3,4)15/h15H,5-11H2,1-4H3. The molecular formula is C13H27NO. The Morgan fingerprint density at radius 1 is 1.13 bits per heavy atom. The van der Waals surface area contributed by atoms with Gasteiger partial charge in [0.05, 0.1) is 5.60 Å². The van der Waals surface area contributed by atoms with E-state index in [-0.39, 0.29) is 0 Å². The van der Waals surface area contributed by atoms with Gasteiger partial charge in [-0.2, -0.15) is 0 Å². The van der Waals surface area contributed by atoms with Crippen molar-refractivity contribution in [2.75, 3.05) is 19.6 Å². The summed E-state index contributed by atoms with van der Waals surface area (Å²) in [6.45, 7) is 11.5. The van der Waals surface area contributed by atoms with E-state index in [0.29, 0.717) is 5.41 Å². The number of hydrogen-bond acceptors (Lipinski definition) is 2. The first kappa shape index (κ1) is 13.0. The highest BCUT2D eigenvalue weighted by molar-refractivity contribution is 4.95. The van der Waals surface area contributed by atoms with E-state index < -0.39 is 5.60 Å². The van der Waals surface area contributed by atoms with Crippen LogP contribution in [0.25, 0.3) is 0 Å². The fraction of sp³-hybridized carbons (Fsp3) is 1.00. The van der Waals surface area contributed by atoms with Crippen LogP contribution in [0.4, 0.5) is 0 Å². The van der Waals surface area contributed by atoms with Gasteiger partial charge in [-0.3, -0.25) is 4.90 Å². The van der Waals surface area contributed by atoms with Gasteiger partial charge >= 0.3 is 0 Å². The zero-order chi connectivity index (χ0) is 11.5. The molecule has 0 unspecified atom stereocenters. The predicted molar refractivity (Wildman–Crippen MR) is 65.0 cm³/mol. The smallest absolute Gasteiger partial charge is 0.0718 e. The summed E-state index contributed by atoms with van der Waals surface area (Å²) in [5.41, 5.74) is 0.0410. The summed E-state index contributed by atoms with van der Waals surface area (Å²) in [7, 11) is 0. The summed E-state index contributed by atoms with van der Waals surface area (Å²) in [6, 6.07) is 0. The molecule has 0 aromatic carbocycles. The third kappa shape index (κ3) is 3.76. The first-order valence-corrected chi connectivity index (χ1v) is 6.35. The van der Waals surface area contributed by atoms with Crippen molar-refractivity contribution >= 4 is 0 Å². The quantitative estimate of drug-likeness (QED) is 0.733. The monoisotopic (exact) mass is 213 g/mol. The van der Waals surface area contributed by atoms with E-state index in [2.05, 4.69) is 18.7 Å². The molecule has 1 fully saturated rings.